The fraction of sp³-hybridized carbons (Fsp3) is 0.200. The Balaban J connectivity index is 2.05. The summed E-state index contributed by atoms with van der Waals surface area (Å²) in [5.41, 5.74) is 1.57. The summed E-state index contributed by atoms with van der Waals surface area (Å²) in [6.45, 7) is 1.90. The lowest BCUT2D eigenvalue weighted by Crippen LogP contribution is -1.97. The highest BCUT2D eigenvalue weighted by Crippen LogP contribution is 2.17. The molecule has 0 unspecified atom stereocenters. The number of nitrogens with one attached hydrogen (secondary N) is 1. The maximum Gasteiger partial charge on any atom is 0.204 e. The van der Waals surface area contributed by atoms with Crippen LogP contribution in [0, 0.1) is 6.92 Å². The highest BCUT2D eigenvalue weighted by molar-refractivity contribution is 5.68. The molecular weight excluding hydrogens is 218 g/mol. The SMILES string of the molecule is Cc1nnc2c(Nc3cnn(C)c3)nccn12. The van der Waals surface area contributed by atoms with Crippen molar-refractivity contribution in [2.75, 3.05) is 5.32 Å². The average molecular weight is 229 g/mol. The minimum atomic E-state index is 0.668. The Morgan fingerprint density at radius 2 is 2.18 bits per heavy atom. The van der Waals surface area contributed by atoms with Gasteiger partial charge < -0.3 is 5.32 Å². The smallest absolute Gasteiger partial charge is 0.204 e. The van der Waals surface area contributed by atoms with E-state index in [4.69, 9.17) is 0 Å². The lowest BCUT2D eigenvalue weighted by molar-refractivity contribution is 0.768. The van der Waals surface area contributed by atoms with Gasteiger partial charge in [-0.1, -0.05) is 0 Å². The van der Waals surface area contributed by atoms with E-state index in [0.29, 0.717) is 11.5 Å². The minimum absolute atomic E-state index is 0.668. The van der Waals surface area contributed by atoms with Crippen molar-refractivity contribution in [3.8, 4) is 0 Å². The number of aryl methyl sites for hydroxylation is 2. The molecule has 1 N–H and O–H groups in total. The molecule has 17 heavy (non-hydrogen) atoms. The van der Waals surface area contributed by atoms with E-state index in [9.17, 15) is 0 Å². The number of rotatable bonds is 2. The van der Waals surface area contributed by atoms with Crippen molar-refractivity contribution in [1.82, 2.24) is 29.4 Å². The highest BCUT2D eigenvalue weighted by Gasteiger charge is 2.08. The topological polar surface area (TPSA) is 72.9 Å². The van der Waals surface area contributed by atoms with Gasteiger partial charge in [0, 0.05) is 25.6 Å². The van der Waals surface area contributed by atoms with Crippen LogP contribution in [0.3, 0.4) is 0 Å². The molecule has 0 saturated carbocycles. The molecule has 7 heteroatoms. The number of anilines is 2. The molecule has 3 aromatic rings. The Morgan fingerprint density at radius 3 is 2.94 bits per heavy atom. The summed E-state index contributed by atoms with van der Waals surface area (Å²) in [7, 11) is 1.86. The molecule has 3 rings (SSSR count). The van der Waals surface area contributed by atoms with Crippen molar-refractivity contribution < 1.29 is 0 Å². The molecule has 0 amide bonds. The van der Waals surface area contributed by atoms with Gasteiger partial charge in [-0.25, -0.2) is 4.98 Å². The van der Waals surface area contributed by atoms with Crippen LogP contribution < -0.4 is 5.32 Å². The van der Waals surface area contributed by atoms with Gasteiger partial charge in [0.1, 0.15) is 5.82 Å². The van der Waals surface area contributed by atoms with Crippen LogP contribution in [0.4, 0.5) is 11.5 Å². The van der Waals surface area contributed by atoms with Crippen LogP contribution in [0.1, 0.15) is 5.82 Å². The summed E-state index contributed by atoms with van der Waals surface area (Å²) in [6.07, 6.45) is 7.14. The van der Waals surface area contributed by atoms with E-state index in [1.807, 2.05) is 30.8 Å². The molecule has 3 aromatic heterocycles. The standard InChI is InChI=1S/C10H11N7/c1-7-14-15-10-9(11-3-4-17(7)10)13-8-5-12-16(2)6-8/h3-6H,1-2H3,(H,11,13). The van der Waals surface area contributed by atoms with E-state index in [0.717, 1.165) is 11.5 Å². The highest BCUT2D eigenvalue weighted by atomic mass is 15.3. The van der Waals surface area contributed by atoms with Crippen LogP contribution in [0.15, 0.2) is 24.8 Å². The van der Waals surface area contributed by atoms with Crippen LogP contribution in [-0.2, 0) is 7.05 Å². The quantitative estimate of drug-likeness (QED) is 0.707. The van der Waals surface area contributed by atoms with E-state index >= 15 is 0 Å². The molecule has 0 radical (unpaired) electrons. The first kappa shape index (κ1) is 9.76. The molecule has 0 saturated heterocycles. The van der Waals surface area contributed by atoms with Crippen molar-refractivity contribution in [2.24, 2.45) is 7.05 Å². The fourth-order valence-corrected chi connectivity index (χ4v) is 1.65. The summed E-state index contributed by atoms with van der Waals surface area (Å²) >= 11 is 0. The molecule has 0 aliphatic carbocycles. The largest absolute Gasteiger partial charge is 0.334 e. The lowest BCUT2D eigenvalue weighted by atomic mass is 10.5. The van der Waals surface area contributed by atoms with E-state index in [1.165, 1.54) is 0 Å². The zero-order chi connectivity index (χ0) is 11.8. The summed E-state index contributed by atoms with van der Waals surface area (Å²) < 4.78 is 3.60. The first-order valence-corrected chi connectivity index (χ1v) is 5.16. The van der Waals surface area contributed by atoms with E-state index in [2.05, 4.69) is 25.6 Å². The maximum atomic E-state index is 4.25. The number of fused-ring (bicyclic) bond motifs is 1. The predicted molar refractivity (Wildman–Crippen MR) is 62.0 cm³/mol. The Morgan fingerprint density at radius 1 is 1.29 bits per heavy atom. The van der Waals surface area contributed by atoms with Crippen LogP contribution in [0.5, 0.6) is 0 Å². The normalized spacial score (nSPS) is 10.9. The van der Waals surface area contributed by atoms with E-state index < -0.39 is 0 Å². The number of aromatic nitrogens is 6. The van der Waals surface area contributed by atoms with Crippen LogP contribution in [0.25, 0.3) is 5.65 Å². The molecule has 0 atom stereocenters. The Kier molecular flexibility index (Phi) is 2.04. The van der Waals surface area contributed by atoms with E-state index in [-0.39, 0.29) is 0 Å². The fourth-order valence-electron chi connectivity index (χ4n) is 1.65. The molecule has 0 aromatic carbocycles. The van der Waals surface area contributed by atoms with Crippen molar-refractivity contribution >= 4 is 17.2 Å². The molecule has 86 valence electrons. The first-order chi connectivity index (χ1) is 8.24. The molecule has 0 bridgehead atoms. The number of hydrogen-bond donors (Lipinski definition) is 1. The summed E-state index contributed by atoms with van der Waals surface area (Å²) in [5.74, 6) is 1.50. The van der Waals surface area contributed by atoms with Crippen molar-refractivity contribution in [3.05, 3.63) is 30.6 Å². The number of nitrogens with zero attached hydrogens (tertiary/aromatic N) is 6. The van der Waals surface area contributed by atoms with Crippen molar-refractivity contribution in [2.45, 2.75) is 6.92 Å². The average Bonchev–Trinajstić information content (AvgIpc) is 2.88. The third kappa shape index (κ3) is 1.61. The monoisotopic (exact) mass is 229 g/mol. The molecule has 0 fully saturated rings. The molecule has 7 nitrogen and oxygen atoms in total. The maximum absolute atomic E-state index is 4.25. The third-order valence-corrected chi connectivity index (χ3v) is 2.47. The molecule has 3 heterocycles. The van der Waals surface area contributed by atoms with Gasteiger partial charge in [-0.3, -0.25) is 9.08 Å². The van der Waals surface area contributed by atoms with Crippen LogP contribution in [0.2, 0.25) is 0 Å². The zero-order valence-corrected chi connectivity index (χ0v) is 9.49. The lowest BCUT2D eigenvalue weighted by Gasteiger charge is -2.03. The Hall–Kier alpha value is -2.44. The zero-order valence-electron chi connectivity index (χ0n) is 9.49. The molecule has 0 aliphatic rings. The molecule has 0 aliphatic heterocycles. The van der Waals surface area contributed by atoms with Gasteiger partial charge in [-0.05, 0) is 6.92 Å². The second kappa shape index (κ2) is 3.55. The third-order valence-electron chi connectivity index (χ3n) is 2.47. The van der Waals surface area contributed by atoms with Gasteiger partial charge in [0.15, 0.2) is 5.82 Å². The van der Waals surface area contributed by atoms with Crippen molar-refractivity contribution in [1.29, 1.82) is 0 Å². The minimum Gasteiger partial charge on any atom is -0.334 e. The van der Waals surface area contributed by atoms with Gasteiger partial charge in [0.05, 0.1) is 11.9 Å². The Labute approximate surface area is 97.1 Å². The van der Waals surface area contributed by atoms with Gasteiger partial charge in [-0.2, -0.15) is 5.10 Å². The second-order valence-corrected chi connectivity index (χ2v) is 3.74. The molecule has 0 spiro atoms. The van der Waals surface area contributed by atoms with Gasteiger partial charge >= 0.3 is 0 Å². The first-order valence-electron chi connectivity index (χ1n) is 5.16. The summed E-state index contributed by atoms with van der Waals surface area (Å²) in [5, 5.41) is 15.3. The summed E-state index contributed by atoms with van der Waals surface area (Å²) in [6, 6.07) is 0. The van der Waals surface area contributed by atoms with Gasteiger partial charge in [0.2, 0.25) is 5.65 Å². The predicted octanol–water partition coefficient (Wildman–Crippen LogP) is 0.910. The molecular formula is C10H11N7. The van der Waals surface area contributed by atoms with Crippen LogP contribution in [-0.4, -0.2) is 29.4 Å². The van der Waals surface area contributed by atoms with Crippen molar-refractivity contribution in [3.63, 3.8) is 0 Å². The Bertz CT molecular complexity index is 666. The van der Waals surface area contributed by atoms with Gasteiger partial charge in [-0.15, -0.1) is 10.2 Å². The second-order valence-electron chi connectivity index (χ2n) is 3.74. The summed E-state index contributed by atoms with van der Waals surface area (Å²) in [4.78, 5) is 4.25. The van der Waals surface area contributed by atoms with E-state index in [1.54, 1.807) is 17.1 Å². The van der Waals surface area contributed by atoms with Gasteiger partial charge in [0.25, 0.3) is 0 Å². The van der Waals surface area contributed by atoms with Crippen LogP contribution >= 0.6 is 0 Å². The number of hydrogen-bond acceptors (Lipinski definition) is 5.